The maximum atomic E-state index is 12.4. The summed E-state index contributed by atoms with van der Waals surface area (Å²) in [5, 5.41) is 9.93. The van der Waals surface area contributed by atoms with E-state index in [0.717, 1.165) is 73.5 Å². The Kier molecular flexibility index (Phi) is 7.99. The number of rotatable bonds is 9. The van der Waals surface area contributed by atoms with Gasteiger partial charge in [0.05, 0.1) is 0 Å². The number of hydrogen-bond acceptors (Lipinski definition) is 4. The summed E-state index contributed by atoms with van der Waals surface area (Å²) in [5.41, 5.74) is 2.31. The molecule has 6 heteroatoms. The third-order valence-electron chi connectivity index (χ3n) is 6.07. The van der Waals surface area contributed by atoms with Crippen molar-refractivity contribution in [2.24, 2.45) is 5.92 Å². The first-order valence-corrected chi connectivity index (χ1v) is 12.6. The standard InChI is InChI=1S/C26H32N4OS/c1-21-15-17-29(18-16-21)25(31)14-8-9-19-32-26-28-27-24(20-22-10-4-2-5-11-22)30(26)23-12-6-3-7-13-23/h2-7,10-13,21H,8-9,14-20H2,1H3. The molecule has 2 aromatic carbocycles. The summed E-state index contributed by atoms with van der Waals surface area (Å²) in [5.74, 6) is 2.95. The molecule has 1 aliphatic heterocycles. The van der Waals surface area contributed by atoms with Crippen molar-refractivity contribution < 1.29 is 4.79 Å². The predicted molar refractivity (Wildman–Crippen MR) is 130 cm³/mol. The quantitative estimate of drug-likeness (QED) is 0.326. The van der Waals surface area contributed by atoms with Crippen molar-refractivity contribution >= 4 is 17.7 Å². The van der Waals surface area contributed by atoms with Gasteiger partial charge in [0.2, 0.25) is 5.91 Å². The summed E-state index contributed by atoms with van der Waals surface area (Å²) in [6.07, 6.45) is 5.60. The van der Waals surface area contributed by atoms with Crippen LogP contribution in [-0.2, 0) is 11.2 Å². The summed E-state index contributed by atoms with van der Waals surface area (Å²) in [7, 11) is 0. The largest absolute Gasteiger partial charge is 0.343 e. The van der Waals surface area contributed by atoms with Crippen LogP contribution in [0.25, 0.3) is 5.69 Å². The highest BCUT2D eigenvalue weighted by Crippen LogP contribution is 2.25. The summed E-state index contributed by atoms with van der Waals surface area (Å²) in [4.78, 5) is 14.5. The molecule has 0 radical (unpaired) electrons. The predicted octanol–water partition coefficient (Wildman–Crippen LogP) is 5.38. The average Bonchev–Trinajstić information content (AvgIpc) is 3.22. The van der Waals surface area contributed by atoms with Gasteiger partial charge >= 0.3 is 0 Å². The second-order valence-electron chi connectivity index (χ2n) is 8.60. The van der Waals surface area contributed by atoms with Crippen LogP contribution in [-0.4, -0.2) is 44.4 Å². The number of carbonyl (C=O) groups excluding carboxylic acids is 1. The summed E-state index contributed by atoms with van der Waals surface area (Å²) < 4.78 is 2.16. The highest BCUT2D eigenvalue weighted by molar-refractivity contribution is 7.99. The van der Waals surface area contributed by atoms with Crippen LogP contribution in [0.4, 0.5) is 0 Å². The van der Waals surface area contributed by atoms with Gasteiger partial charge < -0.3 is 4.90 Å². The van der Waals surface area contributed by atoms with Gasteiger partial charge in [0, 0.05) is 37.4 Å². The third-order valence-corrected chi connectivity index (χ3v) is 7.09. The van der Waals surface area contributed by atoms with Gasteiger partial charge in [-0.05, 0) is 49.3 Å². The number of hydrogen-bond donors (Lipinski definition) is 0. The van der Waals surface area contributed by atoms with Gasteiger partial charge in [-0.25, -0.2) is 0 Å². The first kappa shape index (κ1) is 22.6. The second kappa shape index (κ2) is 11.3. The second-order valence-corrected chi connectivity index (χ2v) is 9.66. The Balaban J connectivity index is 1.33. The van der Waals surface area contributed by atoms with Gasteiger partial charge in [0.25, 0.3) is 0 Å². The number of unbranched alkanes of at least 4 members (excludes halogenated alkanes) is 1. The van der Waals surface area contributed by atoms with Crippen molar-refractivity contribution in [1.29, 1.82) is 0 Å². The Morgan fingerprint density at radius 2 is 1.66 bits per heavy atom. The van der Waals surface area contributed by atoms with E-state index in [0.29, 0.717) is 12.3 Å². The zero-order chi connectivity index (χ0) is 22.2. The zero-order valence-electron chi connectivity index (χ0n) is 18.8. The van der Waals surface area contributed by atoms with Crippen LogP contribution < -0.4 is 0 Å². The van der Waals surface area contributed by atoms with E-state index >= 15 is 0 Å². The molecule has 1 saturated heterocycles. The van der Waals surface area contributed by atoms with E-state index in [1.807, 2.05) is 24.3 Å². The van der Waals surface area contributed by atoms with Crippen molar-refractivity contribution in [2.75, 3.05) is 18.8 Å². The van der Waals surface area contributed by atoms with Crippen molar-refractivity contribution in [1.82, 2.24) is 19.7 Å². The lowest BCUT2D eigenvalue weighted by Crippen LogP contribution is -2.37. The Morgan fingerprint density at radius 1 is 0.969 bits per heavy atom. The Hall–Kier alpha value is -2.60. The number of benzene rings is 2. The first-order chi connectivity index (χ1) is 15.7. The van der Waals surface area contributed by atoms with E-state index < -0.39 is 0 Å². The van der Waals surface area contributed by atoms with Crippen molar-refractivity contribution in [3.63, 3.8) is 0 Å². The van der Waals surface area contributed by atoms with Gasteiger partial charge in [-0.2, -0.15) is 0 Å². The molecule has 1 fully saturated rings. The summed E-state index contributed by atoms with van der Waals surface area (Å²) in [6.45, 7) is 4.14. The number of likely N-dealkylation sites (tertiary alicyclic amines) is 1. The zero-order valence-corrected chi connectivity index (χ0v) is 19.6. The monoisotopic (exact) mass is 448 g/mol. The molecule has 0 bridgehead atoms. The molecule has 0 spiro atoms. The highest BCUT2D eigenvalue weighted by Gasteiger charge is 2.20. The lowest BCUT2D eigenvalue weighted by atomic mass is 9.99. The smallest absolute Gasteiger partial charge is 0.222 e. The van der Waals surface area contributed by atoms with E-state index in [2.05, 4.69) is 63.0 Å². The fraction of sp³-hybridized carbons (Fsp3) is 0.423. The minimum Gasteiger partial charge on any atom is -0.343 e. The fourth-order valence-corrected chi connectivity index (χ4v) is 5.05. The van der Waals surface area contributed by atoms with Gasteiger partial charge in [-0.15, -0.1) is 10.2 Å². The minimum atomic E-state index is 0.319. The molecule has 1 aliphatic rings. The molecule has 0 N–H and O–H groups in total. The molecule has 5 nitrogen and oxygen atoms in total. The Morgan fingerprint density at radius 3 is 2.38 bits per heavy atom. The molecule has 3 aromatic rings. The van der Waals surface area contributed by atoms with Crippen molar-refractivity contribution in [3.8, 4) is 5.69 Å². The highest BCUT2D eigenvalue weighted by atomic mass is 32.2. The minimum absolute atomic E-state index is 0.319. The van der Waals surface area contributed by atoms with Crippen LogP contribution in [0.15, 0.2) is 65.8 Å². The number of aromatic nitrogens is 3. The van der Waals surface area contributed by atoms with E-state index in [4.69, 9.17) is 0 Å². The number of nitrogens with zero attached hydrogens (tertiary/aromatic N) is 4. The number of carbonyl (C=O) groups is 1. The Bertz CT molecular complexity index is 982. The molecule has 1 amide bonds. The number of amides is 1. The lowest BCUT2D eigenvalue weighted by molar-refractivity contribution is -0.132. The van der Waals surface area contributed by atoms with E-state index in [1.54, 1.807) is 11.8 Å². The fourth-order valence-electron chi connectivity index (χ4n) is 4.08. The van der Waals surface area contributed by atoms with Gasteiger partial charge in [0.15, 0.2) is 5.16 Å². The normalized spacial score (nSPS) is 14.6. The maximum Gasteiger partial charge on any atom is 0.222 e. The van der Waals surface area contributed by atoms with Crippen LogP contribution in [0.3, 0.4) is 0 Å². The van der Waals surface area contributed by atoms with Crippen LogP contribution in [0.5, 0.6) is 0 Å². The molecule has 1 aromatic heterocycles. The van der Waals surface area contributed by atoms with Crippen LogP contribution >= 0.6 is 11.8 Å². The first-order valence-electron chi connectivity index (χ1n) is 11.6. The molecule has 0 aliphatic carbocycles. The molecule has 0 unspecified atom stereocenters. The molecule has 2 heterocycles. The van der Waals surface area contributed by atoms with Gasteiger partial charge in [-0.3, -0.25) is 9.36 Å². The molecular formula is C26H32N4OS. The average molecular weight is 449 g/mol. The topological polar surface area (TPSA) is 51.0 Å². The number of piperidine rings is 1. The molecule has 32 heavy (non-hydrogen) atoms. The van der Waals surface area contributed by atoms with E-state index in [-0.39, 0.29) is 0 Å². The SMILES string of the molecule is CC1CCN(C(=O)CCCCSc2nnc(Cc3ccccc3)n2-c2ccccc2)CC1. The van der Waals surface area contributed by atoms with Crippen LogP contribution in [0.2, 0.25) is 0 Å². The van der Waals surface area contributed by atoms with E-state index in [9.17, 15) is 4.79 Å². The third kappa shape index (κ3) is 6.00. The van der Waals surface area contributed by atoms with Crippen molar-refractivity contribution in [3.05, 3.63) is 72.1 Å². The molecular weight excluding hydrogens is 416 g/mol. The summed E-state index contributed by atoms with van der Waals surface area (Å²) in [6, 6.07) is 20.7. The van der Waals surface area contributed by atoms with E-state index in [1.165, 1.54) is 5.56 Å². The molecule has 0 atom stereocenters. The Labute approximate surface area is 195 Å². The summed E-state index contributed by atoms with van der Waals surface area (Å²) >= 11 is 1.73. The van der Waals surface area contributed by atoms with Crippen LogP contribution in [0, 0.1) is 5.92 Å². The van der Waals surface area contributed by atoms with Gasteiger partial charge in [-0.1, -0.05) is 67.2 Å². The van der Waals surface area contributed by atoms with Crippen LogP contribution in [0.1, 0.15) is 50.4 Å². The number of para-hydroxylation sites is 1. The maximum absolute atomic E-state index is 12.4. The van der Waals surface area contributed by atoms with Gasteiger partial charge in [0.1, 0.15) is 5.82 Å². The lowest BCUT2D eigenvalue weighted by Gasteiger charge is -2.30. The van der Waals surface area contributed by atoms with Crippen molar-refractivity contribution in [2.45, 2.75) is 50.6 Å². The molecule has 168 valence electrons. The number of thioether (sulfide) groups is 1. The molecule has 4 rings (SSSR count). The molecule has 0 saturated carbocycles.